The van der Waals surface area contributed by atoms with Gasteiger partial charge in [0.15, 0.2) is 0 Å². The molecule has 10 heteroatoms. The molecule has 37 heavy (non-hydrogen) atoms. The molecule has 4 aromatic rings. The molecule has 0 atom stereocenters. The largest absolute Gasteiger partial charge is 0.410 e. The zero-order valence-corrected chi connectivity index (χ0v) is 21.1. The molecule has 0 spiro atoms. The van der Waals surface area contributed by atoms with Gasteiger partial charge in [0.2, 0.25) is 20.0 Å². The Morgan fingerprint density at radius 1 is 0.568 bits per heavy atom. The monoisotopic (exact) mass is 533 g/mol. The van der Waals surface area contributed by atoms with Gasteiger partial charge in [0.25, 0.3) is 0 Å². The SMILES string of the molecule is O=S(=O)(NCc1ccccc1)c1ccc2c(c1)C(=NO)c1cc(S(=O)(=O)NCc3ccccc3)ccc1-2. The maximum atomic E-state index is 12.9. The molecular weight excluding hydrogens is 510 g/mol. The van der Waals surface area contributed by atoms with Crippen LogP contribution in [0.25, 0.3) is 11.1 Å². The summed E-state index contributed by atoms with van der Waals surface area (Å²) >= 11 is 0. The number of sulfonamides is 2. The van der Waals surface area contributed by atoms with Gasteiger partial charge in [-0.25, -0.2) is 26.3 Å². The summed E-state index contributed by atoms with van der Waals surface area (Å²) in [4.78, 5) is 0.0158. The number of hydrogen-bond acceptors (Lipinski definition) is 6. The van der Waals surface area contributed by atoms with Crippen LogP contribution in [-0.4, -0.2) is 27.8 Å². The van der Waals surface area contributed by atoms with Gasteiger partial charge in [0, 0.05) is 24.2 Å². The van der Waals surface area contributed by atoms with Crippen molar-refractivity contribution < 1.29 is 22.0 Å². The van der Waals surface area contributed by atoms with E-state index >= 15 is 0 Å². The van der Waals surface area contributed by atoms with E-state index in [2.05, 4.69) is 14.6 Å². The Labute approximate surface area is 215 Å². The Balaban J connectivity index is 1.42. The van der Waals surface area contributed by atoms with E-state index in [9.17, 15) is 22.0 Å². The summed E-state index contributed by atoms with van der Waals surface area (Å²) in [5.74, 6) is 0. The maximum Gasteiger partial charge on any atom is 0.240 e. The molecule has 0 bridgehead atoms. The Morgan fingerprint density at radius 2 is 0.973 bits per heavy atom. The molecule has 0 amide bonds. The first-order valence-corrected chi connectivity index (χ1v) is 14.3. The molecule has 0 aliphatic heterocycles. The van der Waals surface area contributed by atoms with Gasteiger partial charge >= 0.3 is 0 Å². The predicted molar refractivity (Wildman–Crippen MR) is 140 cm³/mol. The molecule has 0 radical (unpaired) electrons. The second kappa shape index (κ2) is 9.91. The Hall–Kier alpha value is -3.83. The van der Waals surface area contributed by atoms with E-state index in [0.29, 0.717) is 22.3 Å². The molecule has 5 rings (SSSR count). The quantitative estimate of drug-likeness (QED) is 0.206. The number of oxime groups is 1. The summed E-state index contributed by atoms with van der Waals surface area (Å²) in [7, 11) is -7.71. The number of rotatable bonds is 8. The first-order chi connectivity index (χ1) is 17.8. The van der Waals surface area contributed by atoms with Crippen LogP contribution in [0.3, 0.4) is 0 Å². The zero-order valence-electron chi connectivity index (χ0n) is 19.5. The smallest absolute Gasteiger partial charge is 0.240 e. The highest BCUT2D eigenvalue weighted by Gasteiger charge is 2.29. The van der Waals surface area contributed by atoms with Crippen LogP contribution in [0.15, 0.2) is 112 Å². The van der Waals surface area contributed by atoms with Gasteiger partial charge in [-0.2, -0.15) is 0 Å². The lowest BCUT2D eigenvalue weighted by Crippen LogP contribution is -2.23. The normalized spacial score (nSPS) is 12.7. The molecule has 188 valence electrons. The van der Waals surface area contributed by atoms with Crippen LogP contribution in [-0.2, 0) is 33.1 Å². The minimum Gasteiger partial charge on any atom is -0.410 e. The molecular formula is C27H23N3O5S2. The van der Waals surface area contributed by atoms with Crippen LogP contribution in [0, 0.1) is 0 Å². The summed E-state index contributed by atoms with van der Waals surface area (Å²) < 4.78 is 56.9. The van der Waals surface area contributed by atoms with Crippen molar-refractivity contribution in [3.05, 3.63) is 119 Å². The average Bonchev–Trinajstić information content (AvgIpc) is 3.24. The van der Waals surface area contributed by atoms with E-state index in [0.717, 1.165) is 11.1 Å². The van der Waals surface area contributed by atoms with E-state index in [1.165, 1.54) is 24.3 Å². The summed E-state index contributed by atoms with van der Waals surface area (Å²) in [5, 5.41) is 13.2. The molecule has 0 fully saturated rings. The summed E-state index contributed by atoms with van der Waals surface area (Å²) in [5.41, 5.74) is 3.81. The molecule has 1 aliphatic carbocycles. The molecule has 8 nitrogen and oxygen atoms in total. The third-order valence-corrected chi connectivity index (χ3v) is 8.92. The third kappa shape index (κ3) is 5.05. The standard InChI is InChI=1S/C27H23N3O5S2/c31-30-27-25-15-21(36(32,33)28-17-19-7-3-1-4-8-19)11-13-23(25)24-14-12-22(16-26(24)27)37(34,35)29-18-20-9-5-2-6-10-20/h1-16,28-29,31H,17-18H2. The fourth-order valence-corrected chi connectivity index (χ4v) is 6.30. The minimum absolute atomic E-state index is 0.00788. The van der Waals surface area contributed by atoms with Crippen LogP contribution in [0.1, 0.15) is 22.3 Å². The van der Waals surface area contributed by atoms with Crippen LogP contribution in [0.5, 0.6) is 0 Å². The molecule has 0 aromatic heterocycles. The molecule has 0 heterocycles. The molecule has 4 aromatic carbocycles. The van der Waals surface area contributed by atoms with E-state index in [1.807, 2.05) is 60.7 Å². The number of nitrogens with zero attached hydrogens (tertiary/aromatic N) is 1. The first-order valence-electron chi connectivity index (χ1n) is 11.4. The highest BCUT2D eigenvalue weighted by atomic mass is 32.2. The Morgan fingerprint density at radius 3 is 1.35 bits per heavy atom. The van der Waals surface area contributed by atoms with Gasteiger partial charge in [-0.1, -0.05) is 78.0 Å². The molecule has 3 N–H and O–H groups in total. The van der Waals surface area contributed by atoms with Crippen LogP contribution in [0.4, 0.5) is 0 Å². The Kier molecular flexibility index (Phi) is 6.65. The average molecular weight is 534 g/mol. The number of benzene rings is 4. The third-order valence-electron chi connectivity index (χ3n) is 6.12. The van der Waals surface area contributed by atoms with Gasteiger partial charge in [-0.15, -0.1) is 0 Å². The van der Waals surface area contributed by atoms with Crippen molar-refractivity contribution in [3.8, 4) is 11.1 Å². The fraction of sp³-hybridized carbons (Fsp3) is 0.0741. The van der Waals surface area contributed by atoms with E-state index in [-0.39, 0.29) is 28.6 Å². The molecule has 0 saturated heterocycles. The van der Waals surface area contributed by atoms with Crippen molar-refractivity contribution in [3.63, 3.8) is 0 Å². The van der Waals surface area contributed by atoms with Crippen LogP contribution in [0.2, 0.25) is 0 Å². The predicted octanol–water partition coefficient (Wildman–Crippen LogP) is 3.85. The summed E-state index contributed by atoms with van der Waals surface area (Å²) in [6.45, 7) is 0.247. The van der Waals surface area contributed by atoms with Crippen molar-refractivity contribution >= 4 is 25.8 Å². The van der Waals surface area contributed by atoms with Crippen LogP contribution < -0.4 is 9.44 Å². The van der Waals surface area contributed by atoms with Crippen molar-refractivity contribution in [2.24, 2.45) is 5.16 Å². The highest BCUT2D eigenvalue weighted by molar-refractivity contribution is 7.89. The van der Waals surface area contributed by atoms with Gasteiger partial charge in [-0.05, 0) is 46.5 Å². The first kappa shape index (κ1) is 24.8. The van der Waals surface area contributed by atoms with Crippen molar-refractivity contribution in [2.75, 3.05) is 0 Å². The van der Waals surface area contributed by atoms with Crippen molar-refractivity contribution in [2.45, 2.75) is 22.9 Å². The van der Waals surface area contributed by atoms with Crippen LogP contribution >= 0.6 is 0 Å². The topological polar surface area (TPSA) is 125 Å². The van der Waals surface area contributed by atoms with Crippen molar-refractivity contribution in [1.29, 1.82) is 0 Å². The molecule has 0 unspecified atom stereocenters. The maximum absolute atomic E-state index is 12.9. The second-order valence-electron chi connectivity index (χ2n) is 8.48. The lowest BCUT2D eigenvalue weighted by Gasteiger charge is -2.09. The molecule has 0 saturated carbocycles. The summed E-state index contributed by atoms with van der Waals surface area (Å²) in [6, 6.07) is 27.3. The van der Waals surface area contributed by atoms with E-state index < -0.39 is 20.0 Å². The highest BCUT2D eigenvalue weighted by Crippen LogP contribution is 2.39. The van der Waals surface area contributed by atoms with Gasteiger partial charge in [0.05, 0.1) is 9.79 Å². The molecule has 1 aliphatic rings. The minimum atomic E-state index is -3.86. The number of nitrogens with one attached hydrogen (secondary N) is 2. The summed E-state index contributed by atoms with van der Waals surface area (Å²) in [6.07, 6.45) is 0. The van der Waals surface area contributed by atoms with Gasteiger partial charge in [-0.3, -0.25) is 0 Å². The lowest BCUT2D eigenvalue weighted by molar-refractivity contribution is 0.320. The zero-order chi connectivity index (χ0) is 26.0. The fourth-order valence-electron chi connectivity index (χ4n) is 4.21. The number of fused-ring (bicyclic) bond motifs is 3. The van der Waals surface area contributed by atoms with Crippen molar-refractivity contribution in [1.82, 2.24) is 9.44 Å². The van der Waals surface area contributed by atoms with E-state index in [1.54, 1.807) is 12.1 Å². The number of hydrogen-bond donors (Lipinski definition) is 3. The van der Waals surface area contributed by atoms with Gasteiger partial charge < -0.3 is 5.21 Å². The second-order valence-corrected chi connectivity index (χ2v) is 12.0. The van der Waals surface area contributed by atoms with E-state index in [4.69, 9.17) is 0 Å². The van der Waals surface area contributed by atoms with Gasteiger partial charge in [0.1, 0.15) is 5.71 Å². The lowest BCUT2D eigenvalue weighted by atomic mass is 10.1. The Bertz CT molecular complexity index is 1580.